The average molecular weight is 280 g/mol. The molecule has 2 aromatic carbocycles. The van der Waals surface area contributed by atoms with Crippen LogP contribution in [0.25, 0.3) is 0 Å². The highest BCUT2D eigenvalue weighted by molar-refractivity contribution is 5.97. The molecule has 0 atom stereocenters. The minimum atomic E-state index is 0.123. The second kappa shape index (κ2) is 6.26. The van der Waals surface area contributed by atoms with Crippen molar-refractivity contribution in [3.05, 3.63) is 70.8 Å². The lowest BCUT2D eigenvalue weighted by Gasteiger charge is -2.19. The van der Waals surface area contributed by atoms with Gasteiger partial charge in [0.25, 0.3) is 0 Å². The Bertz CT molecular complexity index is 598. The topological polar surface area (TPSA) is 17.1 Å². The molecule has 21 heavy (non-hydrogen) atoms. The molecule has 0 aliphatic heterocycles. The third-order valence-electron chi connectivity index (χ3n) is 3.87. The molecule has 2 aromatic rings. The predicted molar refractivity (Wildman–Crippen MR) is 89.0 cm³/mol. The molecule has 0 radical (unpaired) electrons. The Balaban J connectivity index is 2.09. The number of aryl methyl sites for hydroxylation is 1. The van der Waals surface area contributed by atoms with Crippen molar-refractivity contribution >= 4 is 5.78 Å². The third kappa shape index (κ3) is 4.04. The molecule has 0 saturated carbocycles. The molecule has 0 amide bonds. The summed E-state index contributed by atoms with van der Waals surface area (Å²) >= 11 is 0. The van der Waals surface area contributed by atoms with E-state index in [-0.39, 0.29) is 11.2 Å². The molecule has 0 aliphatic rings. The Kier molecular flexibility index (Phi) is 4.62. The van der Waals surface area contributed by atoms with Crippen molar-refractivity contribution in [2.75, 3.05) is 0 Å². The van der Waals surface area contributed by atoms with Gasteiger partial charge < -0.3 is 0 Å². The zero-order valence-electron chi connectivity index (χ0n) is 13.4. The highest BCUT2D eigenvalue weighted by Gasteiger charge is 2.14. The molecule has 110 valence electrons. The molecule has 0 spiro atoms. The number of hydrogen-bond donors (Lipinski definition) is 0. The SMILES string of the molecule is CCc1ccc(CC(=O)c2ccc(C(C)(C)C)cc2)cc1. The maximum Gasteiger partial charge on any atom is 0.167 e. The molecule has 0 aromatic heterocycles. The van der Waals surface area contributed by atoms with Gasteiger partial charge in [-0.25, -0.2) is 0 Å². The van der Waals surface area contributed by atoms with Crippen molar-refractivity contribution in [3.8, 4) is 0 Å². The van der Waals surface area contributed by atoms with E-state index in [4.69, 9.17) is 0 Å². The van der Waals surface area contributed by atoms with Gasteiger partial charge >= 0.3 is 0 Å². The molecule has 0 bridgehead atoms. The third-order valence-corrected chi connectivity index (χ3v) is 3.87. The van der Waals surface area contributed by atoms with Gasteiger partial charge in [0.1, 0.15) is 0 Å². The van der Waals surface area contributed by atoms with Crippen molar-refractivity contribution in [2.24, 2.45) is 0 Å². The monoisotopic (exact) mass is 280 g/mol. The second-order valence-corrected chi connectivity index (χ2v) is 6.60. The fourth-order valence-electron chi connectivity index (χ4n) is 2.34. The number of hydrogen-bond acceptors (Lipinski definition) is 1. The van der Waals surface area contributed by atoms with Crippen molar-refractivity contribution < 1.29 is 4.79 Å². The summed E-state index contributed by atoms with van der Waals surface area (Å²) in [6.45, 7) is 8.67. The Labute approximate surface area is 128 Å². The first-order valence-electron chi connectivity index (χ1n) is 7.61. The van der Waals surface area contributed by atoms with Gasteiger partial charge in [0, 0.05) is 12.0 Å². The van der Waals surface area contributed by atoms with Crippen LogP contribution in [0.1, 0.15) is 54.7 Å². The van der Waals surface area contributed by atoms with E-state index in [0.717, 1.165) is 17.5 Å². The maximum atomic E-state index is 12.3. The van der Waals surface area contributed by atoms with E-state index in [1.165, 1.54) is 11.1 Å². The summed E-state index contributed by atoms with van der Waals surface area (Å²) in [5.74, 6) is 0.180. The van der Waals surface area contributed by atoms with E-state index in [1.54, 1.807) is 0 Å². The summed E-state index contributed by atoms with van der Waals surface area (Å²) in [6.07, 6.45) is 1.50. The van der Waals surface area contributed by atoms with Gasteiger partial charge in [0.15, 0.2) is 5.78 Å². The molecule has 0 saturated heterocycles. The van der Waals surface area contributed by atoms with Crippen LogP contribution in [0.4, 0.5) is 0 Å². The van der Waals surface area contributed by atoms with E-state index < -0.39 is 0 Å². The van der Waals surface area contributed by atoms with Crippen LogP contribution in [-0.2, 0) is 18.3 Å². The zero-order chi connectivity index (χ0) is 15.5. The molecule has 1 heteroatoms. The van der Waals surface area contributed by atoms with Crippen LogP contribution in [0.3, 0.4) is 0 Å². The summed E-state index contributed by atoms with van der Waals surface area (Å²) < 4.78 is 0. The molecule has 0 N–H and O–H groups in total. The molecule has 0 unspecified atom stereocenters. The Morgan fingerprint density at radius 2 is 1.38 bits per heavy atom. The summed E-state index contributed by atoms with van der Waals surface area (Å²) in [5.41, 5.74) is 4.56. The van der Waals surface area contributed by atoms with Crippen LogP contribution < -0.4 is 0 Å². The van der Waals surface area contributed by atoms with Gasteiger partial charge in [-0.05, 0) is 28.5 Å². The average Bonchev–Trinajstić information content (AvgIpc) is 2.47. The molecule has 0 heterocycles. The van der Waals surface area contributed by atoms with Gasteiger partial charge in [0.05, 0.1) is 0 Å². The Hall–Kier alpha value is -1.89. The van der Waals surface area contributed by atoms with E-state index >= 15 is 0 Å². The number of rotatable bonds is 4. The van der Waals surface area contributed by atoms with Crippen molar-refractivity contribution in [3.63, 3.8) is 0 Å². The van der Waals surface area contributed by atoms with E-state index in [0.29, 0.717) is 6.42 Å². The number of carbonyl (C=O) groups excluding carboxylic acids is 1. The van der Waals surface area contributed by atoms with Crippen LogP contribution in [0, 0.1) is 0 Å². The number of Topliss-reactive ketones (excluding diaryl/α,β-unsaturated/α-hetero) is 1. The quantitative estimate of drug-likeness (QED) is 0.722. The summed E-state index contributed by atoms with van der Waals surface area (Å²) in [5, 5.41) is 0. The standard InChI is InChI=1S/C20H24O/c1-5-15-6-8-16(9-7-15)14-19(21)17-10-12-18(13-11-17)20(2,3)4/h6-13H,5,14H2,1-4H3. The van der Waals surface area contributed by atoms with E-state index in [1.807, 2.05) is 12.1 Å². The van der Waals surface area contributed by atoms with Gasteiger partial charge in [0.2, 0.25) is 0 Å². The Morgan fingerprint density at radius 1 is 0.857 bits per heavy atom. The van der Waals surface area contributed by atoms with E-state index in [2.05, 4.69) is 64.1 Å². The minimum absolute atomic E-state index is 0.123. The van der Waals surface area contributed by atoms with Gasteiger partial charge in [-0.2, -0.15) is 0 Å². The van der Waals surface area contributed by atoms with Crippen LogP contribution in [0.5, 0.6) is 0 Å². The first kappa shape index (κ1) is 15.5. The fourth-order valence-corrected chi connectivity index (χ4v) is 2.34. The summed E-state index contributed by atoms with van der Waals surface area (Å²) in [7, 11) is 0. The molecule has 0 fully saturated rings. The zero-order valence-corrected chi connectivity index (χ0v) is 13.4. The Morgan fingerprint density at radius 3 is 1.86 bits per heavy atom. The molecular weight excluding hydrogens is 256 g/mol. The van der Waals surface area contributed by atoms with Crippen LogP contribution in [0.15, 0.2) is 48.5 Å². The number of carbonyl (C=O) groups is 1. The van der Waals surface area contributed by atoms with Crippen LogP contribution in [-0.4, -0.2) is 5.78 Å². The van der Waals surface area contributed by atoms with Crippen LogP contribution >= 0.6 is 0 Å². The molecular formula is C20H24O. The minimum Gasteiger partial charge on any atom is -0.294 e. The first-order valence-corrected chi connectivity index (χ1v) is 7.61. The lowest BCUT2D eigenvalue weighted by molar-refractivity contribution is 0.0993. The van der Waals surface area contributed by atoms with Crippen molar-refractivity contribution in [1.82, 2.24) is 0 Å². The molecule has 0 aliphatic carbocycles. The van der Waals surface area contributed by atoms with Gasteiger partial charge in [-0.3, -0.25) is 4.79 Å². The van der Waals surface area contributed by atoms with Gasteiger partial charge in [-0.1, -0.05) is 76.2 Å². The highest BCUT2D eigenvalue weighted by atomic mass is 16.1. The largest absolute Gasteiger partial charge is 0.294 e. The normalized spacial score (nSPS) is 11.4. The number of benzene rings is 2. The van der Waals surface area contributed by atoms with Crippen molar-refractivity contribution in [2.45, 2.75) is 46.0 Å². The van der Waals surface area contributed by atoms with Crippen molar-refractivity contribution in [1.29, 1.82) is 0 Å². The molecule has 1 nitrogen and oxygen atoms in total. The first-order chi connectivity index (χ1) is 9.90. The fraction of sp³-hybridized carbons (Fsp3) is 0.350. The highest BCUT2D eigenvalue weighted by Crippen LogP contribution is 2.22. The maximum absolute atomic E-state index is 12.3. The predicted octanol–water partition coefficient (Wildman–Crippen LogP) is 4.97. The van der Waals surface area contributed by atoms with Crippen LogP contribution in [0.2, 0.25) is 0 Å². The number of ketones is 1. The second-order valence-electron chi connectivity index (χ2n) is 6.60. The molecule has 2 rings (SSSR count). The lowest BCUT2D eigenvalue weighted by Crippen LogP contribution is -2.11. The smallest absolute Gasteiger partial charge is 0.167 e. The van der Waals surface area contributed by atoms with E-state index in [9.17, 15) is 4.79 Å². The summed E-state index contributed by atoms with van der Waals surface area (Å²) in [4.78, 5) is 12.3. The lowest BCUT2D eigenvalue weighted by atomic mass is 9.86. The van der Waals surface area contributed by atoms with Gasteiger partial charge in [-0.15, -0.1) is 0 Å². The summed E-state index contributed by atoms with van der Waals surface area (Å²) in [6, 6.07) is 16.3.